The van der Waals surface area contributed by atoms with Gasteiger partial charge in [0.05, 0.1) is 24.9 Å². The monoisotopic (exact) mass is 900 g/mol. The Kier molecular flexibility index (Phi) is 17.0. The predicted molar refractivity (Wildman–Crippen MR) is 236 cm³/mol. The number of nitrogens with zero attached hydrogens (tertiary/aromatic N) is 3. The number of hydrogen-bond donors (Lipinski definition) is 5. The zero-order valence-electron chi connectivity index (χ0n) is 37.4. The number of amides is 5. The van der Waals surface area contributed by atoms with E-state index in [1.165, 1.54) is 22.4 Å². The average molecular weight is 901 g/mol. The highest BCUT2D eigenvalue weighted by atomic mass is 32.2. The second kappa shape index (κ2) is 21.1. The van der Waals surface area contributed by atoms with Gasteiger partial charge in [-0.3, -0.25) is 37.9 Å². The van der Waals surface area contributed by atoms with Crippen LogP contribution in [0.1, 0.15) is 98.2 Å². The predicted octanol–water partition coefficient (Wildman–Crippen LogP) is 2.68. The number of aliphatic imine (C=N–C) groups is 1. The summed E-state index contributed by atoms with van der Waals surface area (Å²) in [6.07, 6.45) is 1.59. The first kappa shape index (κ1) is 49.9. The third-order valence-corrected chi connectivity index (χ3v) is 13.2. The lowest BCUT2D eigenvalue weighted by Crippen LogP contribution is -2.64. The molecular weight excluding hydrogens is 837 g/mol. The first-order chi connectivity index (χ1) is 28.9. The number of nitrogens with one attached hydrogen (secondary N) is 5. The van der Waals surface area contributed by atoms with E-state index in [4.69, 9.17) is 4.99 Å². The van der Waals surface area contributed by atoms with Crippen molar-refractivity contribution in [3.05, 3.63) is 52.5 Å². The van der Waals surface area contributed by atoms with Gasteiger partial charge in [0, 0.05) is 37.4 Å². The van der Waals surface area contributed by atoms with E-state index in [1.807, 2.05) is 80.5 Å². The topological polar surface area (TPSA) is 234 Å². The average Bonchev–Trinajstić information content (AvgIpc) is 3.87. The quantitative estimate of drug-likeness (QED) is 0.163. The van der Waals surface area contributed by atoms with Crippen LogP contribution in [0, 0.1) is 22.7 Å². The number of fused-ring (bicyclic) bond motifs is 1. The Hall–Kier alpha value is -4.75. The minimum absolute atomic E-state index is 0.0632. The molecule has 2 aliphatic heterocycles. The highest BCUT2D eigenvalue weighted by Gasteiger charge is 2.44. The molecule has 62 heavy (non-hydrogen) atoms. The van der Waals surface area contributed by atoms with Gasteiger partial charge in [0.2, 0.25) is 29.5 Å². The van der Waals surface area contributed by atoms with Crippen LogP contribution < -0.4 is 26.6 Å². The van der Waals surface area contributed by atoms with Gasteiger partial charge in [-0.05, 0) is 34.7 Å². The molecule has 1 aromatic heterocycles. The van der Waals surface area contributed by atoms with Crippen LogP contribution >= 0.6 is 11.3 Å². The molecule has 0 saturated carbocycles. The summed E-state index contributed by atoms with van der Waals surface area (Å²) >= 11 is 1.21. The van der Waals surface area contributed by atoms with E-state index in [0.29, 0.717) is 18.0 Å². The van der Waals surface area contributed by atoms with Crippen molar-refractivity contribution in [3.63, 3.8) is 0 Å². The van der Waals surface area contributed by atoms with E-state index in [9.17, 15) is 37.2 Å². The lowest BCUT2D eigenvalue weighted by molar-refractivity contribution is -0.140. The standard InChI is InChI=1S/C43H64N8O9S2/c1-25(2)32-38(55)50-34(42(4,5)6)36(45-24-31(53)51-19-16-26(3)33(51)39(56)48-32)49-35(43(7,8)9)40(57)46-29(22-27-14-12-11-13-15-27)37(54)47-30(41-44-18-20-61-41)23-28(52)17-21-62(58,59)60-10/h11-15,18,20,25-26,29-30,32-35H,16-17,19,21-24H2,1-10H3,(H,45,49)(H,46,57)(H,47,54)(H,48,56)(H,50,55)/t26-,29+,30+,32+,33+,34-,35-/m1/s1. The summed E-state index contributed by atoms with van der Waals surface area (Å²) in [5.41, 5.74) is -0.836. The Morgan fingerprint density at radius 1 is 0.984 bits per heavy atom. The summed E-state index contributed by atoms with van der Waals surface area (Å²) in [4.78, 5) is 94.4. The van der Waals surface area contributed by atoms with Crippen molar-refractivity contribution in [1.29, 1.82) is 0 Å². The molecule has 0 bridgehead atoms. The summed E-state index contributed by atoms with van der Waals surface area (Å²) in [5, 5.41) is 17.2. The van der Waals surface area contributed by atoms with Gasteiger partial charge in [0.25, 0.3) is 10.1 Å². The molecule has 5 N–H and O–H groups in total. The Morgan fingerprint density at radius 2 is 1.66 bits per heavy atom. The van der Waals surface area contributed by atoms with Crippen LogP contribution in [0.15, 0.2) is 46.9 Å². The van der Waals surface area contributed by atoms with Crippen molar-refractivity contribution in [3.8, 4) is 0 Å². The number of ketones is 1. The van der Waals surface area contributed by atoms with Crippen LogP contribution in [0.3, 0.4) is 0 Å². The first-order valence-corrected chi connectivity index (χ1v) is 23.4. The largest absolute Gasteiger partial charge is 0.360 e. The lowest BCUT2D eigenvalue weighted by atomic mass is 9.82. The van der Waals surface area contributed by atoms with E-state index in [0.717, 1.165) is 12.7 Å². The number of carbonyl (C=O) groups is 6. The molecule has 2 aliphatic rings. The lowest BCUT2D eigenvalue weighted by Gasteiger charge is -2.39. The molecular formula is C43H64N8O9S2. The van der Waals surface area contributed by atoms with Gasteiger partial charge in [0.1, 0.15) is 47.3 Å². The first-order valence-electron chi connectivity index (χ1n) is 21.0. The number of amidine groups is 1. The molecule has 0 spiro atoms. The molecule has 0 radical (unpaired) electrons. The molecule has 0 unspecified atom stereocenters. The van der Waals surface area contributed by atoms with Gasteiger partial charge in [0.15, 0.2) is 0 Å². The van der Waals surface area contributed by atoms with E-state index in [1.54, 1.807) is 17.5 Å². The molecule has 3 heterocycles. The number of thiazole rings is 1. The van der Waals surface area contributed by atoms with Gasteiger partial charge >= 0.3 is 0 Å². The Bertz CT molecular complexity index is 2050. The van der Waals surface area contributed by atoms with E-state index in [2.05, 4.69) is 35.8 Å². The summed E-state index contributed by atoms with van der Waals surface area (Å²) in [6.45, 7) is 16.7. The van der Waals surface area contributed by atoms with E-state index < -0.39 is 92.4 Å². The molecule has 5 amide bonds. The van der Waals surface area contributed by atoms with Crippen molar-refractivity contribution < 1.29 is 41.4 Å². The van der Waals surface area contributed by atoms with Crippen LogP contribution in [-0.2, 0) is 49.5 Å². The molecule has 7 atom stereocenters. The molecule has 1 fully saturated rings. The minimum Gasteiger partial charge on any atom is -0.360 e. The summed E-state index contributed by atoms with van der Waals surface area (Å²) < 4.78 is 28.4. The van der Waals surface area contributed by atoms with Gasteiger partial charge in [-0.25, -0.2) is 4.98 Å². The molecule has 4 rings (SSSR count). The highest BCUT2D eigenvalue weighted by Crippen LogP contribution is 2.28. The van der Waals surface area contributed by atoms with Crippen molar-refractivity contribution in [2.45, 2.75) is 124 Å². The van der Waals surface area contributed by atoms with E-state index >= 15 is 0 Å². The Labute approximate surface area is 369 Å². The normalized spacial score (nSPS) is 21.9. The molecule has 17 nitrogen and oxygen atoms in total. The Morgan fingerprint density at radius 3 is 2.24 bits per heavy atom. The van der Waals surface area contributed by atoms with Gasteiger partial charge < -0.3 is 31.5 Å². The SMILES string of the molecule is COS(=O)(=O)CCC(=O)C[C@H](NC(=O)[C@H](Cc1ccccc1)NC(=O)[C@@H](NC1=NCC(=O)N2CC[C@@H](C)[C@H]2C(=O)N[C@@H](C(C)C)C(=O)N[C@H]1C(C)(C)C)C(C)(C)C)c1nccs1. The molecule has 1 saturated heterocycles. The smallest absolute Gasteiger partial charge is 0.267 e. The number of Topliss-reactive ketones (excluding diaryl/α,β-unsaturated/α-hetero) is 1. The van der Waals surface area contributed by atoms with Crippen LogP contribution in [0.25, 0.3) is 0 Å². The van der Waals surface area contributed by atoms with Crippen LogP contribution in [0.2, 0.25) is 0 Å². The zero-order valence-corrected chi connectivity index (χ0v) is 39.1. The fraction of sp³-hybridized carbons (Fsp3) is 0.628. The van der Waals surface area contributed by atoms with Gasteiger partial charge in [-0.15, -0.1) is 11.3 Å². The molecule has 19 heteroatoms. The van der Waals surface area contributed by atoms with Crippen molar-refractivity contribution >= 4 is 62.6 Å². The van der Waals surface area contributed by atoms with E-state index in [-0.39, 0.29) is 49.4 Å². The van der Waals surface area contributed by atoms with Gasteiger partial charge in [-0.1, -0.05) is 92.6 Å². The highest BCUT2D eigenvalue weighted by molar-refractivity contribution is 7.86. The maximum Gasteiger partial charge on any atom is 0.267 e. The second-order valence-corrected chi connectivity index (χ2v) is 21.4. The molecule has 1 aromatic carbocycles. The van der Waals surface area contributed by atoms with Crippen molar-refractivity contribution in [2.24, 2.45) is 27.7 Å². The summed E-state index contributed by atoms with van der Waals surface area (Å²) in [5.74, 6) is -3.66. The number of aromatic nitrogens is 1. The molecule has 342 valence electrons. The summed E-state index contributed by atoms with van der Waals surface area (Å²) in [7, 11) is -2.88. The number of benzene rings is 1. The third kappa shape index (κ3) is 13.6. The number of carbonyl (C=O) groups excluding carboxylic acids is 6. The number of hydrogen-bond acceptors (Lipinski definition) is 13. The molecule has 2 aromatic rings. The second-order valence-electron chi connectivity index (χ2n) is 18.6. The Balaban J connectivity index is 1.71. The van der Waals surface area contributed by atoms with Gasteiger partial charge in [-0.2, -0.15) is 8.42 Å². The zero-order chi connectivity index (χ0) is 46.2. The third-order valence-electron chi connectivity index (χ3n) is 11.1. The van der Waals surface area contributed by atoms with Crippen LogP contribution in [-0.4, -0.2) is 116 Å². The van der Waals surface area contributed by atoms with Crippen molar-refractivity contribution in [2.75, 3.05) is 26.0 Å². The van der Waals surface area contributed by atoms with Crippen LogP contribution in [0.4, 0.5) is 0 Å². The molecule has 0 aliphatic carbocycles. The van der Waals surface area contributed by atoms with Crippen LogP contribution in [0.5, 0.6) is 0 Å². The number of rotatable bonds is 15. The summed E-state index contributed by atoms with van der Waals surface area (Å²) in [6, 6.07) is 3.30. The fourth-order valence-electron chi connectivity index (χ4n) is 7.46. The minimum atomic E-state index is -3.90. The maximum atomic E-state index is 14.7. The van der Waals surface area contributed by atoms with Crippen molar-refractivity contribution in [1.82, 2.24) is 36.5 Å². The maximum absolute atomic E-state index is 14.7. The fourth-order valence-corrected chi connectivity index (χ4v) is 8.79.